The molecule has 3 amide bonds. The van der Waals surface area contributed by atoms with E-state index in [4.69, 9.17) is 17.2 Å². The number of hydrogen-bond donors (Lipinski definition) is 10. The van der Waals surface area contributed by atoms with Crippen LogP contribution in [0.2, 0.25) is 0 Å². The zero-order chi connectivity index (χ0) is 29.1. The van der Waals surface area contributed by atoms with Gasteiger partial charge in [-0.3, -0.25) is 19.4 Å². The smallest absolute Gasteiger partial charge is 0.326 e. The summed E-state index contributed by atoms with van der Waals surface area (Å²) in [6.45, 7) is 0.726. The summed E-state index contributed by atoms with van der Waals surface area (Å²) in [4.78, 5) is 57.1. The van der Waals surface area contributed by atoms with E-state index in [1.807, 2.05) is 18.2 Å². The van der Waals surface area contributed by atoms with Crippen LogP contribution in [0.3, 0.4) is 0 Å². The number of aromatic amines is 1. The summed E-state index contributed by atoms with van der Waals surface area (Å²) in [5.41, 5.74) is 17.6. The van der Waals surface area contributed by atoms with E-state index in [0.29, 0.717) is 5.56 Å². The predicted octanol–water partition coefficient (Wildman–Crippen LogP) is -3.00. The summed E-state index contributed by atoms with van der Waals surface area (Å²) in [5.74, 6) is -4.07. The number of carboxylic acids is 1. The van der Waals surface area contributed by atoms with Crippen molar-refractivity contribution in [3.8, 4) is 0 Å². The molecule has 39 heavy (non-hydrogen) atoms. The molecule has 1 aromatic heterocycles. The molecule has 0 bridgehead atoms. The number of carboxylic acid groups (broad SMARTS) is 1. The molecule has 0 spiro atoms. The van der Waals surface area contributed by atoms with Crippen LogP contribution >= 0.6 is 0 Å². The van der Waals surface area contributed by atoms with Gasteiger partial charge in [-0.25, -0.2) is 4.79 Å². The Kier molecular flexibility index (Phi) is 11.7. The number of hydrogen-bond acceptors (Lipinski definition) is 8. The molecule has 214 valence electrons. The molecule has 15 heteroatoms. The molecular weight excluding hydrogens is 512 g/mol. The van der Waals surface area contributed by atoms with Crippen molar-refractivity contribution in [3.05, 3.63) is 36.0 Å². The lowest BCUT2D eigenvalue weighted by atomic mass is 10.0. The Morgan fingerprint density at radius 1 is 1.03 bits per heavy atom. The van der Waals surface area contributed by atoms with Crippen molar-refractivity contribution in [2.45, 2.75) is 56.5 Å². The number of amides is 3. The number of nitrogens with one attached hydrogen (secondary N) is 4. The lowest BCUT2D eigenvalue weighted by Crippen LogP contribution is -2.60. The number of rotatable bonds is 15. The number of aromatic nitrogens is 1. The van der Waals surface area contributed by atoms with Gasteiger partial charge in [-0.05, 0) is 31.4 Å². The minimum atomic E-state index is -1.55. The number of para-hydroxylation sites is 1. The fourth-order valence-corrected chi connectivity index (χ4v) is 3.77. The van der Waals surface area contributed by atoms with Crippen LogP contribution in [-0.4, -0.2) is 93.4 Å². The molecule has 5 atom stereocenters. The quantitative estimate of drug-likeness (QED) is 0.0612. The number of aliphatic hydroxyl groups is 2. The van der Waals surface area contributed by atoms with Crippen LogP contribution in [0.4, 0.5) is 0 Å². The molecule has 0 saturated heterocycles. The van der Waals surface area contributed by atoms with E-state index in [-0.39, 0.29) is 31.8 Å². The van der Waals surface area contributed by atoms with Crippen LogP contribution < -0.4 is 33.2 Å². The topological polar surface area (TPSA) is 271 Å². The Balaban J connectivity index is 2.20. The molecule has 1 heterocycles. The van der Waals surface area contributed by atoms with E-state index in [2.05, 4.69) is 25.9 Å². The highest BCUT2D eigenvalue weighted by molar-refractivity contribution is 5.95. The first-order chi connectivity index (χ1) is 18.4. The van der Waals surface area contributed by atoms with Crippen molar-refractivity contribution < 1.29 is 34.5 Å². The molecule has 0 fully saturated rings. The molecular formula is C24H36N8O7. The molecule has 0 aliphatic heterocycles. The summed E-state index contributed by atoms with van der Waals surface area (Å²) in [5, 5.41) is 36.9. The number of benzene rings is 1. The van der Waals surface area contributed by atoms with Crippen molar-refractivity contribution in [1.82, 2.24) is 20.9 Å². The number of aliphatic hydroxyl groups excluding tert-OH is 2. The van der Waals surface area contributed by atoms with Gasteiger partial charge >= 0.3 is 5.97 Å². The Bertz CT molecular complexity index is 1180. The lowest BCUT2D eigenvalue weighted by molar-refractivity contribution is -0.143. The second kappa shape index (κ2) is 14.7. The number of aliphatic imine (C=N–C) groups is 1. The number of nitrogens with zero attached hydrogens (tertiary/aromatic N) is 1. The number of nitrogens with two attached hydrogens (primary N) is 3. The molecule has 0 radical (unpaired) electrons. The van der Waals surface area contributed by atoms with Crippen molar-refractivity contribution in [1.29, 1.82) is 0 Å². The lowest BCUT2D eigenvalue weighted by Gasteiger charge is -2.26. The van der Waals surface area contributed by atoms with Crippen LogP contribution in [0.1, 0.15) is 25.3 Å². The fraction of sp³-hybridized carbons (Fsp3) is 0.458. The van der Waals surface area contributed by atoms with Crippen LogP contribution in [0.25, 0.3) is 10.9 Å². The summed E-state index contributed by atoms with van der Waals surface area (Å²) < 4.78 is 0. The third-order valence-electron chi connectivity index (χ3n) is 5.89. The fourth-order valence-electron chi connectivity index (χ4n) is 3.77. The predicted molar refractivity (Wildman–Crippen MR) is 142 cm³/mol. The van der Waals surface area contributed by atoms with Gasteiger partial charge in [-0.2, -0.15) is 0 Å². The van der Waals surface area contributed by atoms with Crippen LogP contribution in [0, 0.1) is 0 Å². The van der Waals surface area contributed by atoms with Gasteiger partial charge in [-0.15, -0.1) is 0 Å². The first kappa shape index (κ1) is 31.0. The van der Waals surface area contributed by atoms with Gasteiger partial charge in [0.05, 0.1) is 12.7 Å². The van der Waals surface area contributed by atoms with Gasteiger partial charge in [0, 0.05) is 30.1 Å². The van der Waals surface area contributed by atoms with Crippen LogP contribution in [-0.2, 0) is 25.6 Å². The van der Waals surface area contributed by atoms with E-state index in [0.717, 1.165) is 10.9 Å². The second-order valence-corrected chi connectivity index (χ2v) is 8.99. The number of fused-ring (bicyclic) bond motifs is 1. The first-order valence-corrected chi connectivity index (χ1v) is 12.2. The van der Waals surface area contributed by atoms with Gasteiger partial charge < -0.3 is 53.5 Å². The average molecular weight is 549 g/mol. The van der Waals surface area contributed by atoms with Gasteiger partial charge in [-0.1, -0.05) is 18.2 Å². The zero-order valence-electron chi connectivity index (χ0n) is 21.5. The Labute approximate surface area is 224 Å². The molecule has 1 aromatic carbocycles. The molecule has 15 nitrogen and oxygen atoms in total. The minimum Gasteiger partial charge on any atom is -0.480 e. The Morgan fingerprint density at radius 3 is 2.31 bits per heavy atom. The summed E-state index contributed by atoms with van der Waals surface area (Å²) in [7, 11) is 0. The highest BCUT2D eigenvalue weighted by Gasteiger charge is 2.33. The number of guanidine groups is 1. The Hall–Kier alpha value is -4.21. The SMILES string of the molecule is CC(O)C(NC(=O)C(Cc1c[nH]c2ccccc12)NC(=O)C(N)CO)C(=O)NC(CCCN=C(N)N)C(=O)O. The average Bonchev–Trinajstić information content (AvgIpc) is 3.29. The van der Waals surface area contributed by atoms with E-state index in [1.54, 1.807) is 12.3 Å². The maximum absolute atomic E-state index is 13.3. The maximum Gasteiger partial charge on any atom is 0.326 e. The number of carbonyl (C=O) groups is 4. The van der Waals surface area contributed by atoms with Crippen LogP contribution in [0.15, 0.2) is 35.5 Å². The standard InChI is InChI=1S/C24H36N8O7/c1-12(34)19(22(37)30-17(23(38)39)7-4-8-28-24(26)27)32-21(36)18(31-20(35)15(25)11-33)9-13-10-29-16-6-3-2-5-14(13)16/h2-3,5-6,10,12,15,17-19,29,33-34H,4,7-9,11,25H2,1H3,(H,30,37)(H,31,35)(H,32,36)(H,38,39)(H4,26,27,28). The van der Waals surface area contributed by atoms with E-state index in [1.165, 1.54) is 6.92 Å². The molecule has 0 aliphatic carbocycles. The van der Waals surface area contributed by atoms with E-state index >= 15 is 0 Å². The van der Waals surface area contributed by atoms with Gasteiger partial charge in [0.25, 0.3) is 0 Å². The molecule has 2 aromatic rings. The van der Waals surface area contributed by atoms with E-state index in [9.17, 15) is 34.5 Å². The first-order valence-electron chi connectivity index (χ1n) is 12.2. The monoisotopic (exact) mass is 548 g/mol. The highest BCUT2D eigenvalue weighted by atomic mass is 16.4. The van der Waals surface area contributed by atoms with E-state index < -0.39 is 60.6 Å². The maximum atomic E-state index is 13.3. The second-order valence-electron chi connectivity index (χ2n) is 8.99. The third-order valence-corrected chi connectivity index (χ3v) is 5.89. The number of carbonyl (C=O) groups excluding carboxylic acids is 3. The highest BCUT2D eigenvalue weighted by Crippen LogP contribution is 2.19. The molecule has 5 unspecified atom stereocenters. The van der Waals surface area contributed by atoms with Crippen molar-refractivity contribution in [2.24, 2.45) is 22.2 Å². The minimum absolute atomic E-state index is 0.0172. The van der Waals surface area contributed by atoms with Gasteiger partial charge in [0.2, 0.25) is 17.7 Å². The van der Waals surface area contributed by atoms with Gasteiger partial charge in [0.1, 0.15) is 24.2 Å². The number of aliphatic carboxylic acids is 1. The summed E-state index contributed by atoms with van der Waals surface area (Å²) >= 11 is 0. The van der Waals surface area contributed by atoms with Crippen molar-refractivity contribution >= 4 is 40.6 Å². The number of H-pyrrole nitrogens is 1. The van der Waals surface area contributed by atoms with Crippen molar-refractivity contribution in [3.63, 3.8) is 0 Å². The third kappa shape index (κ3) is 9.24. The van der Waals surface area contributed by atoms with Crippen LogP contribution in [0.5, 0.6) is 0 Å². The normalized spacial score (nSPS) is 14.9. The molecule has 0 saturated carbocycles. The summed E-state index contributed by atoms with van der Waals surface area (Å²) in [6.07, 6.45) is 0.452. The zero-order valence-corrected chi connectivity index (χ0v) is 21.5. The molecule has 0 aliphatic rings. The Morgan fingerprint density at radius 2 is 1.69 bits per heavy atom. The molecule has 13 N–H and O–H groups in total. The van der Waals surface area contributed by atoms with Crippen molar-refractivity contribution in [2.75, 3.05) is 13.2 Å². The summed E-state index contributed by atoms with van der Waals surface area (Å²) in [6, 6.07) is 1.85. The molecule has 2 rings (SSSR count). The van der Waals surface area contributed by atoms with Gasteiger partial charge in [0.15, 0.2) is 5.96 Å². The largest absolute Gasteiger partial charge is 0.480 e.